The molecule has 8 heteroatoms. The second-order valence-electron chi connectivity index (χ2n) is 8.70. The molecule has 2 N–H and O–H groups in total. The van der Waals surface area contributed by atoms with E-state index in [0.29, 0.717) is 12.4 Å². The van der Waals surface area contributed by atoms with Gasteiger partial charge in [0, 0.05) is 43.4 Å². The number of H-pyrrole nitrogens is 1. The second-order valence-corrected chi connectivity index (χ2v) is 8.70. The maximum Gasteiger partial charge on any atom is 0.254 e. The van der Waals surface area contributed by atoms with E-state index in [-0.39, 0.29) is 17.1 Å². The summed E-state index contributed by atoms with van der Waals surface area (Å²) in [6, 6.07) is 1.93. The summed E-state index contributed by atoms with van der Waals surface area (Å²) < 4.78 is 0. The SMILES string of the molecule is Cc1nc2c(c(=O)[nH]1)CCC21CCN(c2nccc(N3CCCC(O)C3)n2)CC1. The van der Waals surface area contributed by atoms with E-state index in [9.17, 15) is 9.90 Å². The van der Waals surface area contributed by atoms with Crippen molar-refractivity contribution in [3.05, 3.63) is 39.7 Å². The average molecular weight is 396 g/mol. The van der Waals surface area contributed by atoms with Crippen molar-refractivity contribution in [1.29, 1.82) is 0 Å². The Bertz CT molecular complexity index is 966. The number of aromatic amines is 1. The molecule has 1 atom stereocenters. The number of anilines is 2. The molecule has 1 spiro atoms. The summed E-state index contributed by atoms with van der Waals surface area (Å²) in [6.07, 6.45) is 7.14. The summed E-state index contributed by atoms with van der Waals surface area (Å²) in [5.41, 5.74) is 1.95. The van der Waals surface area contributed by atoms with Crippen LogP contribution in [0.25, 0.3) is 0 Å². The van der Waals surface area contributed by atoms with Crippen molar-refractivity contribution in [1.82, 2.24) is 19.9 Å². The van der Waals surface area contributed by atoms with Crippen molar-refractivity contribution in [2.45, 2.75) is 57.0 Å². The monoisotopic (exact) mass is 396 g/mol. The highest BCUT2D eigenvalue weighted by molar-refractivity contribution is 5.45. The summed E-state index contributed by atoms with van der Waals surface area (Å²) in [7, 11) is 0. The molecule has 0 amide bonds. The van der Waals surface area contributed by atoms with Gasteiger partial charge in [-0.3, -0.25) is 4.79 Å². The molecule has 2 fully saturated rings. The first-order chi connectivity index (χ1) is 14.0. The fourth-order valence-corrected chi connectivity index (χ4v) is 5.22. The Balaban J connectivity index is 1.34. The highest BCUT2D eigenvalue weighted by Gasteiger charge is 2.44. The molecular weight excluding hydrogens is 368 g/mol. The largest absolute Gasteiger partial charge is 0.391 e. The fourth-order valence-electron chi connectivity index (χ4n) is 5.22. The zero-order chi connectivity index (χ0) is 20.0. The molecule has 3 aliphatic rings. The Hall–Kier alpha value is -2.48. The lowest BCUT2D eigenvalue weighted by Crippen LogP contribution is -2.43. The van der Waals surface area contributed by atoms with Crippen LogP contribution in [0.5, 0.6) is 0 Å². The van der Waals surface area contributed by atoms with Gasteiger partial charge in [-0.2, -0.15) is 4.98 Å². The highest BCUT2D eigenvalue weighted by atomic mass is 16.3. The number of fused-ring (bicyclic) bond motifs is 2. The summed E-state index contributed by atoms with van der Waals surface area (Å²) in [5.74, 6) is 2.35. The van der Waals surface area contributed by atoms with E-state index in [0.717, 1.165) is 81.2 Å². The third kappa shape index (κ3) is 3.29. The normalized spacial score (nSPS) is 23.4. The Morgan fingerprint density at radius 2 is 2.00 bits per heavy atom. The maximum atomic E-state index is 12.3. The van der Waals surface area contributed by atoms with Gasteiger partial charge in [0.05, 0.1) is 11.8 Å². The minimum absolute atomic E-state index is 0.0133. The van der Waals surface area contributed by atoms with E-state index in [4.69, 9.17) is 9.97 Å². The predicted octanol–water partition coefficient (Wildman–Crippen LogP) is 1.31. The van der Waals surface area contributed by atoms with Crippen LogP contribution in [0.2, 0.25) is 0 Å². The molecule has 2 aliphatic heterocycles. The molecule has 154 valence electrons. The lowest BCUT2D eigenvalue weighted by molar-refractivity contribution is 0.154. The van der Waals surface area contributed by atoms with Crippen LogP contribution >= 0.6 is 0 Å². The lowest BCUT2D eigenvalue weighted by Gasteiger charge is -2.39. The molecule has 8 nitrogen and oxygen atoms in total. The van der Waals surface area contributed by atoms with Gasteiger partial charge in [-0.1, -0.05) is 0 Å². The molecular formula is C21H28N6O2. The van der Waals surface area contributed by atoms with Gasteiger partial charge in [0.25, 0.3) is 5.56 Å². The summed E-state index contributed by atoms with van der Waals surface area (Å²) in [5, 5.41) is 9.97. The zero-order valence-corrected chi connectivity index (χ0v) is 16.9. The molecule has 1 unspecified atom stereocenters. The number of aromatic nitrogens is 4. The summed E-state index contributed by atoms with van der Waals surface area (Å²) in [4.78, 5) is 33.6. The zero-order valence-electron chi connectivity index (χ0n) is 16.9. The van der Waals surface area contributed by atoms with Crippen molar-refractivity contribution < 1.29 is 5.11 Å². The standard InChI is InChI=1S/C21H28N6O2/c1-14-23-18-16(19(29)24-14)4-6-21(18)7-11-26(12-8-21)20-22-9-5-17(25-20)27-10-2-3-15(28)13-27/h5,9,15,28H,2-4,6-8,10-13H2,1H3,(H,23,24,29). The molecule has 4 heterocycles. The van der Waals surface area contributed by atoms with Gasteiger partial charge in [-0.15, -0.1) is 0 Å². The lowest BCUT2D eigenvalue weighted by atomic mass is 9.76. The molecule has 0 saturated carbocycles. The van der Waals surface area contributed by atoms with Crippen LogP contribution in [-0.4, -0.2) is 57.3 Å². The van der Waals surface area contributed by atoms with Crippen LogP contribution in [0.4, 0.5) is 11.8 Å². The van der Waals surface area contributed by atoms with Crippen molar-refractivity contribution in [3.8, 4) is 0 Å². The molecule has 2 aromatic heterocycles. The molecule has 1 aliphatic carbocycles. The van der Waals surface area contributed by atoms with Gasteiger partial charge < -0.3 is 19.9 Å². The number of hydrogen-bond acceptors (Lipinski definition) is 7. The number of nitrogens with one attached hydrogen (secondary N) is 1. The van der Waals surface area contributed by atoms with Crippen LogP contribution in [0, 0.1) is 6.92 Å². The molecule has 2 saturated heterocycles. The van der Waals surface area contributed by atoms with Crippen LogP contribution < -0.4 is 15.4 Å². The van der Waals surface area contributed by atoms with Crippen molar-refractivity contribution in [2.75, 3.05) is 36.0 Å². The minimum atomic E-state index is -0.279. The first-order valence-electron chi connectivity index (χ1n) is 10.7. The molecule has 5 rings (SSSR count). The van der Waals surface area contributed by atoms with Gasteiger partial charge in [0.1, 0.15) is 11.6 Å². The fraction of sp³-hybridized carbons (Fsp3) is 0.619. The van der Waals surface area contributed by atoms with Crippen LogP contribution in [0.1, 0.15) is 49.2 Å². The van der Waals surface area contributed by atoms with Crippen molar-refractivity contribution >= 4 is 11.8 Å². The Morgan fingerprint density at radius 1 is 1.17 bits per heavy atom. The maximum absolute atomic E-state index is 12.3. The number of nitrogens with zero attached hydrogens (tertiary/aromatic N) is 5. The quantitative estimate of drug-likeness (QED) is 0.790. The molecule has 0 radical (unpaired) electrons. The summed E-state index contributed by atoms with van der Waals surface area (Å²) in [6.45, 7) is 5.14. The Morgan fingerprint density at radius 3 is 2.79 bits per heavy atom. The Labute approximate surface area is 170 Å². The van der Waals surface area contributed by atoms with Crippen LogP contribution in [0.15, 0.2) is 17.1 Å². The number of aryl methyl sites for hydroxylation is 1. The van der Waals surface area contributed by atoms with E-state index in [1.54, 1.807) is 0 Å². The van der Waals surface area contributed by atoms with Crippen LogP contribution in [-0.2, 0) is 11.8 Å². The molecule has 29 heavy (non-hydrogen) atoms. The smallest absolute Gasteiger partial charge is 0.254 e. The van der Waals surface area contributed by atoms with Gasteiger partial charge >= 0.3 is 0 Å². The third-order valence-electron chi connectivity index (χ3n) is 6.84. The van der Waals surface area contributed by atoms with Crippen molar-refractivity contribution in [3.63, 3.8) is 0 Å². The average Bonchev–Trinajstić information content (AvgIpc) is 3.07. The van der Waals surface area contributed by atoms with E-state index in [2.05, 4.69) is 19.8 Å². The molecule has 0 bridgehead atoms. The molecule has 2 aromatic rings. The minimum Gasteiger partial charge on any atom is -0.391 e. The first kappa shape index (κ1) is 18.5. The topological polar surface area (TPSA) is 98.2 Å². The van der Waals surface area contributed by atoms with Gasteiger partial charge in [-0.05, 0) is 51.5 Å². The number of β-amino-alcohol motifs (C(OH)–C–C–N with tert-alkyl or cyclic N) is 1. The number of aliphatic hydroxyl groups is 1. The Kier molecular flexibility index (Phi) is 4.53. The molecule has 0 aromatic carbocycles. The predicted molar refractivity (Wildman–Crippen MR) is 111 cm³/mol. The summed E-state index contributed by atoms with van der Waals surface area (Å²) >= 11 is 0. The van der Waals surface area contributed by atoms with Crippen molar-refractivity contribution in [2.24, 2.45) is 0 Å². The number of hydrogen-bond donors (Lipinski definition) is 2. The number of aliphatic hydroxyl groups excluding tert-OH is 1. The van der Waals surface area contributed by atoms with E-state index in [1.807, 2.05) is 19.2 Å². The first-order valence-corrected chi connectivity index (χ1v) is 10.7. The highest BCUT2D eigenvalue weighted by Crippen LogP contribution is 2.44. The van der Waals surface area contributed by atoms with E-state index < -0.39 is 0 Å². The van der Waals surface area contributed by atoms with Gasteiger partial charge in [-0.25, -0.2) is 9.97 Å². The third-order valence-corrected chi connectivity index (χ3v) is 6.84. The van der Waals surface area contributed by atoms with E-state index >= 15 is 0 Å². The van der Waals surface area contributed by atoms with E-state index in [1.165, 1.54) is 0 Å². The van der Waals surface area contributed by atoms with Crippen LogP contribution in [0.3, 0.4) is 0 Å². The number of piperidine rings is 2. The number of rotatable bonds is 2. The second kappa shape index (κ2) is 7.09. The van der Waals surface area contributed by atoms with Gasteiger partial charge in [0.15, 0.2) is 0 Å². The van der Waals surface area contributed by atoms with Gasteiger partial charge in [0.2, 0.25) is 5.95 Å².